The zero-order chi connectivity index (χ0) is 17.6. The van der Waals surface area contributed by atoms with Gasteiger partial charge in [0, 0.05) is 38.4 Å². The Kier molecular flexibility index (Phi) is 3.88. The Morgan fingerprint density at radius 2 is 2.00 bits per heavy atom. The van der Waals surface area contributed by atoms with Gasteiger partial charge in [0.1, 0.15) is 11.3 Å². The monoisotopic (exact) mass is 343 g/mol. The van der Waals surface area contributed by atoms with Crippen molar-refractivity contribution in [1.82, 2.24) is 9.88 Å². The summed E-state index contributed by atoms with van der Waals surface area (Å²) >= 11 is 0. The van der Waals surface area contributed by atoms with Gasteiger partial charge in [0.15, 0.2) is 0 Å². The van der Waals surface area contributed by atoms with E-state index >= 15 is 0 Å². The second kappa shape index (κ2) is 6.07. The van der Waals surface area contributed by atoms with Crippen LogP contribution in [0.5, 0.6) is 5.75 Å². The van der Waals surface area contributed by atoms with Gasteiger partial charge in [-0.15, -0.1) is 0 Å². The first kappa shape index (κ1) is 16.0. The van der Waals surface area contributed by atoms with Gasteiger partial charge in [0.05, 0.1) is 23.7 Å². The Morgan fingerprint density at radius 1 is 1.28 bits per heavy atom. The van der Waals surface area contributed by atoms with Crippen LogP contribution in [0.25, 0.3) is 10.9 Å². The molecule has 0 bridgehead atoms. The van der Waals surface area contributed by atoms with E-state index in [1.54, 1.807) is 13.2 Å². The molecule has 2 aromatic rings. The van der Waals surface area contributed by atoms with Gasteiger partial charge in [-0.25, -0.2) is 4.79 Å². The van der Waals surface area contributed by atoms with Crippen molar-refractivity contribution in [3.8, 4) is 5.75 Å². The minimum Gasteiger partial charge on any atom is -0.495 e. The fourth-order valence-corrected chi connectivity index (χ4v) is 3.49. The molecule has 2 N–H and O–H groups in total. The molecular weight excluding hydrogens is 322 g/mol. The van der Waals surface area contributed by atoms with E-state index in [-0.39, 0.29) is 11.6 Å². The third-order valence-corrected chi connectivity index (χ3v) is 4.96. The Bertz CT molecular complexity index is 895. The van der Waals surface area contributed by atoms with Crippen molar-refractivity contribution in [2.75, 3.05) is 38.2 Å². The standard InChI is InChI=1S/C18H21N3O4/c1-25-16-8-12-14(9-15(16)20-6-4-19-5-7-20)21(11-2-3-11)10-13(17(12)22)18(23)24/h8-11,19H,2-7H2,1H3,(H,23,24). The van der Waals surface area contributed by atoms with Crippen LogP contribution < -0.4 is 20.4 Å². The maximum absolute atomic E-state index is 12.6. The molecule has 0 spiro atoms. The van der Waals surface area contributed by atoms with Gasteiger partial charge in [0.2, 0.25) is 5.43 Å². The predicted octanol–water partition coefficient (Wildman–Crippen LogP) is 1.45. The van der Waals surface area contributed by atoms with E-state index in [9.17, 15) is 14.7 Å². The Hall–Kier alpha value is -2.54. The third-order valence-electron chi connectivity index (χ3n) is 4.96. The summed E-state index contributed by atoms with van der Waals surface area (Å²) in [5, 5.41) is 13.1. The van der Waals surface area contributed by atoms with Gasteiger partial charge < -0.3 is 24.6 Å². The number of nitrogens with one attached hydrogen (secondary N) is 1. The van der Waals surface area contributed by atoms with Crippen molar-refractivity contribution in [3.05, 3.63) is 34.1 Å². The lowest BCUT2D eigenvalue weighted by Gasteiger charge is -2.31. The van der Waals surface area contributed by atoms with Crippen molar-refractivity contribution in [3.63, 3.8) is 0 Å². The lowest BCUT2D eigenvalue weighted by atomic mass is 10.1. The summed E-state index contributed by atoms with van der Waals surface area (Å²) in [6.45, 7) is 3.52. The zero-order valence-electron chi connectivity index (χ0n) is 14.1. The third kappa shape index (κ3) is 2.74. The molecule has 1 aromatic heterocycles. The molecule has 2 fully saturated rings. The molecule has 2 aliphatic rings. The first-order valence-corrected chi connectivity index (χ1v) is 8.56. The molecule has 0 atom stereocenters. The first-order valence-electron chi connectivity index (χ1n) is 8.56. The summed E-state index contributed by atoms with van der Waals surface area (Å²) in [4.78, 5) is 26.4. The molecule has 1 aliphatic carbocycles. The summed E-state index contributed by atoms with van der Waals surface area (Å²) in [7, 11) is 1.58. The quantitative estimate of drug-likeness (QED) is 0.874. The molecule has 2 heterocycles. The molecule has 7 nitrogen and oxygen atoms in total. The van der Waals surface area contributed by atoms with Gasteiger partial charge in [-0.3, -0.25) is 4.79 Å². The van der Waals surface area contributed by atoms with E-state index in [4.69, 9.17) is 4.74 Å². The number of fused-ring (bicyclic) bond motifs is 1. The van der Waals surface area contributed by atoms with E-state index < -0.39 is 11.4 Å². The average molecular weight is 343 g/mol. The molecule has 1 saturated heterocycles. The second-order valence-corrected chi connectivity index (χ2v) is 6.59. The SMILES string of the molecule is COc1cc2c(=O)c(C(=O)O)cn(C3CC3)c2cc1N1CCNCC1. The molecule has 4 rings (SSSR count). The number of ether oxygens (including phenoxy) is 1. The molecule has 132 valence electrons. The van der Waals surface area contributed by atoms with Crippen molar-refractivity contribution < 1.29 is 14.6 Å². The van der Waals surface area contributed by atoms with Crippen molar-refractivity contribution in [1.29, 1.82) is 0 Å². The number of anilines is 1. The van der Waals surface area contributed by atoms with Gasteiger partial charge in [-0.05, 0) is 25.0 Å². The maximum Gasteiger partial charge on any atom is 0.341 e. The van der Waals surface area contributed by atoms with Gasteiger partial charge >= 0.3 is 5.97 Å². The molecular formula is C18H21N3O4. The molecule has 25 heavy (non-hydrogen) atoms. The lowest BCUT2D eigenvalue weighted by Crippen LogP contribution is -2.43. The number of carbonyl (C=O) groups is 1. The van der Waals surface area contributed by atoms with Gasteiger partial charge in [-0.1, -0.05) is 0 Å². The van der Waals surface area contributed by atoms with Crippen LogP contribution in [0.4, 0.5) is 5.69 Å². The summed E-state index contributed by atoms with van der Waals surface area (Å²) in [6, 6.07) is 3.94. The summed E-state index contributed by atoms with van der Waals surface area (Å²) in [6.07, 6.45) is 3.51. The van der Waals surface area contributed by atoms with E-state index in [1.807, 2.05) is 10.6 Å². The molecule has 1 saturated carbocycles. The van der Waals surface area contributed by atoms with Crippen molar-refractivity contribution >= 4 is 22.6 Å². The van der Waals surface area contributed by atoms with Crippen LogP contribution in [0.2, 0.25) is 0 Å². The fraction of sp³-hybridized carbons (Fsp3) is 0.444. The highest BCUT2D eigenvalue weighted by atomic mass is 16.5. The Morgan fingerprint density at radius 3 is 2.60 bits per heavy atom. The second-order valence-electron chi connectivity index (χ2n) is 6.59. The molecule has 7 heteroatoms. The van der Waals surface area contributed by atoms with Crippen molar-refractivity contribution in [2.45, 2.75) is 18.9 Å². The van der Waals surface area contributed by atoms with E-state index in [1.165, 1.54) is 6.20 Å². The number of aromatic nitrogens is 1. The normalized spacial score (nSPS) is 17.7. The predicted molar refractivity (Wildman–Crippen MR) is 95.1 cm³/mol. The number of hydrogen-bond acceptors (Lipinski definition) is 5. The summed E-state index contributed by atoms with van der Waals surface area (Å²) in [5.74, 6) is -0.581. The van der Waals surface area contributed by atoms with E-state index in [0.29, 0.717) is 11.1 Å². The number of methoxy groups -OCH3 is 1. The van der Waals surface area contributed by atoms with Crippen LogP contribution in [0.1, 0.15) is 29.2 Å². The van der Waals surface area contributed by atoms with Crippen LogP contribution in [0.3, 0.4) is 0 Å². The summed E-state index contributed by atoms with van der Waals surface area (Å²) in [5.41, 5.74) is 1.10. The van der Waals surface area contributed by atoms with Crippen LogP contribution in [-0.4, -0.2) is 48.9 Å². The minimum absolute atomic E-state index is 0.184. The van der Waals surface area contributed by atoms with E-state index in [0.717, 1.165) is 50.2 Å². The highest BCUT2D eigenvalue weighted by molar-refractivity contribution is 5.94. The number of carboxylic acid groups (broad SMARTS) is 1. The average Bonchev–Trinajstić information content (AvgIpc) is 3.46. The van der Waals surface area contributed by atoms with Crippen LogP contribution in [0, 0.1) is 0 Å². The highest BCUT2D eigenvalue weighted by Gasteiger charge is 2.28. The number of piperazine rings is 1. The molecule has 1 aromatic carbocycles. The maximum atomic E-state index is 12.6. The highest BCUT2D eigenvalue weighted by Crippen LogP contribution is 2.39. The number of rotatable bonds is 4. The number of hydrogen-bond donors (Lipinski definition) is 2. The van der Waals surface area contributed by atoms with Gasteiger partial charge in [-0.2, -0.15) is 0 Å². The number of pyridine rings is 1. The molecule has 1 aliphatic heterocycles. The van der Waals surface area contributed by atoms with Crippen LogP contribution >= 0.6 is 0 Å². The minimum atomic E-state index is -1.19. The number of nitrogens with zero attached hydrogens (tertiary/aromatic N) is 2. The number of aromatic carboxylic acids is 1. The largest absolute Gasteiger partial charge is 0.495 e. The van der Waals surface area contributed by atoms with Gasteiger partial charge in [0.25, 0.3) is 0 Å². The van der Waals surface area contributed by atoms with E-state index in [2.05, 4.69) is 10.2 Å². The zero-order valence-corrected chi connectivity index (χ0v) is 14.1. The fourth-order valence-electron chi connectivity index (χ4n) is 3.49. The van der Waals surface area contributed by atoms with Crippen LogP contribution in [0.15, 0.2) is 23.1 Å². The molecule has 0 radical (unpaired) electrons. The lowest BCUT2D eigenvalue weighted by molar-refractivity contribution is 0.0695. The Balaban J connectivity index is 1.97. The topological polar surface area (TPSA) is 83.8 Å². The molecule has 0 unspecified atom stereocenters. The first-order chi connectivity index (χ1) is 12.1. The molecule has 0 amide bonds. The number of carboxylic acids is 1. The van der Waals surface area contributed by atoms with Crippen LogP contribution in [-0.2, 0) is 0 Å². The number of benzene rings is 1. The van der Waals surface area contributed by atoms with Crippen molar-refractivity contribution in [2.24, 2.45) is 0 Å². The smallest absolute Gasteiger partial charge is 0.341 e. The summed E-state index contributed by atoms with van der Waals surface area (Å²) < 4.78 is 7.47. The Labute approximate surface area is 144 Å².